The van der Waals surface area contributed by atoms with Crippen LogP contribution in [0.3, 0.4) is 0 Å². The maximum atomic E-state index is 13.1. The Kier molecular flexibility index (Phi) is 4.19. The van der Waals surface area contributed by atoms with Crippen molar-refractivity contribution in [2.75, 3.05) is 19.0 Å². The first-order chi connectivity index (χ1) is 14.9. The van der Waals surface area contributed by atoms with E-state index in [-0.39, 0.29) is 5.97 Å². The smallest absolute Gasteiger partial charge is 0.358 e. The molecule has 4 aromatic rings. The summed E-state index contributed by atoms with van der Waals surface area (Å²) < 4.78 is 8.51. The maximum absolute atomic E-state index is 13.1. The number of aryl methyl sites for hydroxylation is 2. The number of nitrogens with zero attached hydrogens (tertiary/aromatic N) is 3. The number of fused-ring (bicyclic) bond motifs is 2. The van der Waals surface area contributed by atoms with Crippen LogP contribution in [0.1, 0.15) is 38.4 Å². The number of anilines is 1. The van der Waals surface area contributed by atoms with Crippen molar-refractivity contribution in [3.63, 3.8) is 0 Å². The highest BCUT2D eigenvalue weighted by Crippen LogP contribution is 2.51. The highest BCUT2D eigenvalue weighted by atomic mass is 16.6. The molecule has 5 rings (SSSR count). The van der Waals surface area contributed by atoms with Gasteiger partial charge in [-0.1, -0.05) is 30.3 Å². The standard InChI is InChI=1S/C26H25N3O2/c1-16-15-18(28(3)4)12-13-20(16)26(21-10-8-14-27-24(21)25(30)31-26)23-17(2)29(5)22-11-7-6-9-19(22)23/h6-15H,1-5H3. The monoisotopic (exact) mass is 411 g/mol. The van der Waals surface area contributed by atoms with Crippen molar-refractivity contribution in [3.05, 3.63) is 94.4 Å². The van der Waals surface area contributed by atoms with E-state index < -0.39 is 5.60 Å². The minimum Gasteiger partial charge on any atom is -0.439 e. The average Bonchev–Trinajstić information content (AvgIpc) is 3.20. The second kappa shape index (κ2) is 6.71. The first-order valence-electron chi connectivity index (χ1n) is 10.4. The summed E-state index contributed by atoms with van der Waals surface area (Å²) >= 11 is 0. The van der Waals surface area contributed by atoms with E-state index in [0.717, 1.165) is 44.5 Å². The largest absolute Gasteiger partial charge is 0.439 e. The summed E-state index contributed by atoms with van der Waals surface area (Å²) in [5, 5.41) is 1.07. The molecule has 0 saturated carbocycles. The van der Waals surface area contributed by atoms with Gasteiger partial charge in [-0.3, -0.25) is 0 Å². The van der Waals surface area contributed by atoms with Gasteiger partial charge < -0.3 is 14.2 Å². The molecule has 0 N–H and O–H groups in total. The van der Waals surface area contributed by atoms with E-state index in [1.807, 2.05) is 38.4 Å². The van der Waals surface area contributed by atoms with Crippen LogP contribution in [0.4, 0.5) is 5.69 Å². The lowest BCUT2D eigenvalue weighted by atomic mass is 9.77. The summed E-state index contributed by atoms with van der Waals surface area (Å²) in [4.78, 5) is 19.5. The Morgan fingerprint density at radius 2 is 1.77 bits per heavy atom. The summed E-state index contributed by atoms with van der Waals surface area (Å²) in [5.41, 5.74) is 6.38. The lowest BCUT2D eigenvalue weighted by molar-refractivity contribution is 0.0249. The summed E-state index contributed by atoms with van der Waals surface area (Å²) in [6.07, 6.45) is 1.65. The molecule has 1 atom stereocenters. The van der Waals surface area contributed by atoms with Crippen LogP contribution in [0.2, 0.25) is 0 Å². The summed E-state index contributed by atoms with van der Waals surface area (Å²) in [6.45, 7) is 4.16. The molecule has 31 heavy (non-hydrogen) atoms. The molecule has 0 spiro atoms. The minimum atomic E-state index is -1.06. The van der Waals surface area contributed by atoms with Crippen LogP contribution in [-0.4, -0.2) is 29.6 Å². The maximum Gasteiger partial charge on any atom is 0.358 e. The zero-order valence-corrected chi connectivity index (χ0v) is 18.4. The highest BCUT2D eigenvalue weighted by molar-refractivity contribution is 5.97. The summed E-state index contributed by atoms with van der Waals surface area (Å²) in [7, 11) is 6.10. The molecule has 156 valence electrons. The molecule has 1 unspecified atom stereocenters. The van der Waals surface area contributed by atoms with Crippen LogP contribution in [0.15, 0.2) is 60.8 Å². The van der Waals surface area contributed by atoms with Crippen LogP contribution in [0.25, 0.3) is 10.9 Å². The zero-order chi connectivity index (χ0) is 21.9. The number of benzene rings is 2. The molecular weight excluding hydrogens is 386 g/mol. The molecule has 0 saturated heterocycles. The van der Waals surface area contributed by atoms with Crippen LogP contribution in [0.5, 0.6) is 0 Å². The topological polar surface area (TPSA) is 47.4 Å². The Morgan fingerprint density at radius 3 is 2.52 bits per heavy atom. The quantitative estimate of drug-likeness (QED) is 0.458. The fraction of sp³-hybridized carbons (Fsp3) is 0.231. The third-order valence-corrected chi connectivity index (χ3v) is 6.48. The van der Waals surface area contributed by atoms with E-state index in [4.69, 9.17) is 4.74 Å². The number of rotatable bonds is 3. The molecule has 0 aliphatic carbocycles. The number of aromatic nitrogens is 2. The Morgan fingerprint density at radius 1 is 1.00 bits per heavy atom. The molecule has 2 aromatic heterocycles. The van der Waals surface area contributed by atoms with Crippen molar-refractivity contribution in [1.82, 2.24) is 9.55 Å². The van der Waals surface area contributed by atoms with Crippen molar-refractivity contribution in [1.29, 1.82) is 0 Å². The molecule has 0 fully saturated rings. The van der Waals surface area contributed by atoms with E-state index in [9.17, 15) is 4.79 Å². The number of hydrogen-bond acceptors (Lipinski definition) is 4. The summed E-state index contributed by atoms with van der Waals surface area (Å²) in [6, 6.07) is 18.4. The number of esters is 1. The van der Waals surface area contributed by atoms with Gasteiger partial charge in [-0.05, 0) is 43.7 Å². The van der Waals surface area contributed by atoms with Gasteiger partial charge in [0.2, 0.25) is 0 Å². The Bertz CT molecular complexity index is 1350. The molecule has 5 heteroatoms. The van der Waals surface area contributed by atoms with Gasteiger partial charge in [-0.25, -0.2) is 9.78 Å². The van der Waals surface area contributed by atoms with Gasteiger partial charge in [-0.2, -0.15) is 0 Å². The molecule has 3 heterocycles. The number of carbonyl (C=O) groups is 1. The van der Waals surface area contributed by atoms with E-state index in [0.29, 0.717) is 5.69 Å². The molecule has 2 aromatic carbocycles. The zero-order valence-electron chi connectivity index (χ0n) is 18.4. The minimum absolute atomic E-state index is 0.380. The van der Waals surface area contributed by atoms with E-state index in [2.05, 4.69) is 65.7 Å². The first kappa shape index (κ1) is 19.4. The number of carbonyl (C=O) groups excluding carboxylic acids is 1. The third-order valence-electron chi connectivity index (χ3n) is 6.48. The SMILES string of the molecule is Cc1cc(N(C)C)ccc1C1(c2c(C)n(C)c3ccccc23)OC(=O)c2ncccc21. The predicted octanol–water partition coefficient (Wildman–Crippen LogP) is 4.72. The first-order valence-corrected chi connectivity index (χ1v) is 10.4. The average molecular weight is 412 g/mol. The van der Waals surface area contributed by atoms with Crippen LogP contribution < -0.4 is 4.90 Å². The number of para-hydroxylation sites is 1. The predicted molar refractivity (Wildman–Crippen MR) is 123 cm³/mol. The third kappa shape index (κ3) is 2.56. The fourth-order valence-corrected chi connectivity index (χ4v) is 4.90. The van der Waals surface area contributed by atoms with Crippen LogP contribution >= 0.6 is 0 Å². The van der Waals surface area contributed by atoms with Gasteiger partial charge in [0.15, 0.2) is 11.3 Å². The van der Waals surface area contributed by atoms with Gasteiger partial charge >= 0.3 is 5.97 Å². The highest BCUT2D eigenvalue weighted by Gasteiger charge is 2.52. The Balaban J connectivity index is 1.93. The second-order valence-corrected chi connectivity index (χ2v) is 8.40. The van der Waals surface area contributed by atoms with Crippen molar-refractivity contribution < 1.29 is 9.53 Å². The number of hydrogen-bond donors (Lipinski definition) is 0. The van der Waals surface area contributed by atoms with Gasteiger partial charge in [0.05, 0.1) is 0 Å². The molecule has 1 aliphatic rings. The van der Waals surface area contributed by atoms with Crippen LogP contribution in [0, 0.1) is 13.8 Å². The van der Waals surface area contributed by atoms with Crippen molar-refractivity contribution in [3.8, 4) is 0 Å². The molecule has 0 bridgehead atoms. The number of ether oxygens (including phenoxy) is 1. The second-order valence-electron chi connectivity index (χ2n) is 8.40. The van der Waals surface area contributed by atoms with Gasteiger partial charge in [0, 0.05) is 66.3 Å². The van der Waals surface area contributed by atoms with E-state index in [1.165, 1.54) is 0 Å². The lowest BCUT2D eigenvalue weighted by Crippen LogP contribution is -2.31. The number of cyclic esters (lactones) is 1. The van der Waals surface area contributed by atoms with Crippen molar-refractivity contribution in [2.24, 2.45) is 7.05 Å². The van der Waals surface area contributed by atoms with Crippen molar-refractivity contribution >= 4 is 22.6 Å². The van der Waals surface area contributed by atoms with Gasteiger partial charge in [0.25, 0.3) is 0 Å². The van der Waals surface area contributed by atoms with Gasteiger partial charge in [0.1, 0.15) is 0 Å². The molecule has 0 amide bonds. The molecular formula is C26H25N3O2. The van der Waals surface area contributed by atoms with Crippen LogP contribution in [-0.2, 0) is 17.4 Å². The molecule has 5 nitrogen and oxygen atoms in total. The van der Waals surface area contributed by atoms with Crippen molar-refractivity contribution in [2.45, 2.75) is 19.4 Å². The fourth-order valence-electron chi connectivity index (χ4n) is 4.90. The molecule has 1 aliphatic heterocycles. The summed E-state index contributed by atoms with van der Waals surface area (Å²) in [5.74, 6) is -0.390. The normalized spacial score (nSPS) is 17.6. The molecule has 0 radical (unpaired) electrons. The Hall–Kier alpha value is -3.60. The van der Waals surface area contributed by atoms with E-state index >= 15 is 0 Å². The van der Waals surface area contributed by atoms with Gasteiger partial charge in [-0.15, -0.1) is 0 Å². The lowest BCUT2D eigenvalue weighted by Gasteiger charge is -2.32. The Labute approximate surface area is 181 Å². The van der Waals surface area contributed by atoms with E-state index in [1.54, 1.807) is 6.20 Å². The number of pyridine rings is 1.